The fraction of sp³-hybridized carbons (Fsp3) is 0.583. The molecule has 1 amide bonds. The van der Waals surface area contributed by atoms with Crippen LogP contribution in [-0.4, -0.2) is 34.0 Å². The molecule has 2 fully saturated rings. The number of amides is 1. The highest BCUT2D eigenvalue weighted by molar-refractivity contribution is 5.78. The third kappa shape index (κ3) is 1.66. The first-order chi connectivity index (χ1) is 8.19. The Labute approximate surface area is 100 Å². The average molecular weight is 232 g/mol. The number of rotatable bonds is 1. The van der Waals surface area contributed by atoms with Crippen molar-refractivity contribution in [2.75, 3.05) is 11.4 Å². The number of hydrogen-bond acceptors (Lipinski definition) is 4. The van der Waals surface area contributed by atoms with Crippen LogP contribution >= 0.6 is 0 Å². The average Bonchev–Trinajstić information content (AvgIpc) is 2.66. The van der Waals surface area contributed by atoms with Crippen molar-refractivity contribution in [1.29, 1.82) is 0 Å². The van der Waals surface area contributed by atoms with Crippen LogP contribution in [0.5, 0.6) is 0 Å². The second kappa shape index (κ2) is 3.68. The first-order valence-electron chi connectivity index (χ1n) is 6.04. The summed E-state index contributed by atoms with van der Waals surface area (Å²) in [5, 5.41) is 3.12. The van der Waals surface area contributed by atoms with Crippen LogP contribution in [0.25, 0.3) is 0 Å². The quantitative estimate of drug-likeness (QED) is 0.775. The summed E-state index contributed by atoms with van der Waals surface area (Å²) in [7, 11) is 0. The highest BCUT2D eigenvalue weighted by atomic mass is 16.1. The molecule has 5 heteroatoms. The van der Waals surface area contributed by atoms with Gasteiger partial charge in [0.25, 0.3) is 0 Å². The van der Waals surface area contributed by atoms with Gasteiger partial charge < -0.3 is 10.2 Å². The van der Waals surface area contributed by atoms with Crippen LogP contribution in [-0.2, 0) is 4.79 Å². The third-order valence-corrected chi connectivity index (χ3v) is 3.86. The highest BCUT2D eigenvalue weighted by Crippen LogP contribution is 2.35. The second-order valence-corrected chi connectivity index (χ2v) is 5.01. The molecule has 17 heavy (non-hydrogen) atoms. The Bertz CT molecular complexity index is 435. The van der Waals surface area contributed by atoms with E-state index in [1.54, 1.807) is 12.4 Å². The number of nitrogens with zero attached hydrogens (tertiary/aromatic N) is 3. The molecule has 3 rings (SSSR count). The van der Waals surface area contributed by atoms with Gasteiger partial charge in [-0.25, -0.2) is 9.97 Å². The van der Waals surface area contributed by atoms with Gasteiger partial charge in [0.05, 0.1) is 11.6 Å². The zero-order chi connectivity index (χ0) is 11.9. The van der Waals surface area contributed by atoms with Crippen LogP contribution in [0.3, 0.4) is 0 Å². The minimum atomic E-state index is -0.117. The molecule has 90 valence electrons. The lowest BCUT2D eigenvalue weighted by atomic mass is 9.86. The van der Waals surface area contributed by atoms with Gasteiger partial charge in [-0.1, -0.05) is 0 Å². The lowest BCUT2D eigenvalue weighted by molar-refractivity contribution is -0.124. The molecule has 2 aliphatic heterocycles. The van der Waals surface area contributed by atoms with Crippen molar-refractivity contribution in [3.8, 4) is 0 Å². The molecule has 5 nitrogen and oxygen atoms in total. The van der Waals surface area contributed by atoms with Crippen LogP contribution in [0.2, 0.25) is 0 Å². The molecule has 1 N–H and O–H groups in total. The van der Waals surface area contributed by atoms with Crippen LogP contribution in [0.15, 0.2) is 18.5 Å². The summed E-state index contributed by atoms with van der Waals surface area (Å²) in [5.74, 6) is 0.942. The first-order valence-corrected chi connectivity index (χ1v) is 6.04. The number of nitrogens with one attached hydrogen (secondary N) is 1. The van der Waals surface area contributed by atoms with Gasteiger partial charge >= 0.3 is 0 Å². The van der Waals surface area contributed by atoms with Crippen molar-refractivity contribution in [1.82, 2.24) is 15.3 Å². The Hall–Kier alpha value is -1.65. The predicted molar refractivity (Wildman–Crippen MR) is 63.6 cm³/mol. The Morgan fingerprint density at radius 3 is 3.00 bits per heavy atom. The standard InChI is InChI=1S/C12H16N4O/c1-12-5-8-16(11-13-6-2-7-14-11)9(12)3-4-10(17)15-12/h2,6-7,9H,3-5,8H2,1H3,(H,15,17)/t9-,12-/m0/s1. The molecule has 2 atom stereocenters. The Morgan fingerprint density at radius 1 is 1.47 bits per heavy atom. The zero-order valence-electron chi connectivity index (χ0n) is 9.89. The molecule has 2 saturated heterocycles. The van der Waals surface area contributed by atoms with E-state index in [1.165, 1.54) is 0 Å². The van der Waals surface area contributed by atoms with Crippen LogP contribution in [0.1, 0.15) is 26.2 Å². The summed E-state index contributed by atoms with van der Waals surface area (Å²) >= 11 is 0. The molecule has 2 aliphatic rings. The molecule has 3 heterocycles. The molecule has 0 aromatic carbocycles. The molecule has 0 saturated carbocycles. The van der Waals surface area contributed by atoms with E-state index in [0.717, 1.165) is 25.3 Å². The first kappa shape index (κ1) is 10.5. The number of fused-ring (bicyclic) bond motifs is 1. The number of aromatic nitrogens is 2. The van der Waals surface area contributed by atoms with Gasteiger partial charge in [0.2, 0.25) is 11.9 Å². The van der Waals surface area contributed by atoms with E-state index in [0.29, 0.717) is 12.5 Å². The van der Waals surface area contributed by atoms with E-state index < -0.39 is 0 Å². The minimum Gasteiger partial charge on any atom is -0.349 e. The predicted octanol–water partition coefficient (Wildman–Crippen LogP) is 0.724. The largest absolute Gasteiger partial charge is 0.349 e. The maximum Gasteiger partial charge on any atom is 0.225 e. The van der Waals surface area contributed by atoms with Crippen molar-refractivity contribution in [3.63, 3.8) is 0 Å². The Kier molecular flexibility index (Phi) is 2.28. The molecular formula is C12H16N4O. The van der Waals surface area contributed by atoms with Crippen LogP contribution < -0.4 is 10.2 Å². The maximum absolute atomic E-state index is 11.5. The van der Waals surface area contributed by atoms with Crippen LogP contribution in [0, 0.1) is 0 Å². The molecule has 0 bridgehead atoms. The molecule has 1 aromatic rings. The fourth-order valence-corrected chi connectivity index (χ4v) is 2.97. The topological polar surface area (TPSA) is 58.1 Å². The van der Waals surface area contributed by atoms with Crippen molar-refractivity contribution in [3.05, 3.63) is 18.5 Å². The second-order valence-electron chi connectivity index (χ2n) is 5.01. The fourth-order valence-electron chi connectivity index (χ4n) is 2.97. The van der Waals surface area contributed by atoms with E-state index >= 15 is 0 Å². The van der Waals surface area contributed by atoms with E-state index in [-0.39, 0.29) is 11.4 Å². The van der Waals surface area contributed by atoms with Gasteiger partial charge in [0.1, 0.15) is 0 Å². The van der Waals surface area contributed by atoms with Crippen LogP contribution in [0.4, 0.5) is 5.95 Å². The molecule has 0 unspecified atom stereocenters. The molecule has 0 aliphatic carbocycles. The Balaban J connectivity index is 1.88. The van der Waals surface area contributed by atoms with Gasteiger partial charge in [0, 0.05) is 25.4 Å². The summed E-state index contributed by atoms with van der Waals surface area (Å²) < 4.78 is 0. The number of piperidine rings is 1. The lowest BCUT2D eigenvalue weighted by Crippen LogP contribution is -2.58. The van der Waals surface area contributed by atoms with E-state index in [4.69, 9.17) is 0 Å². The van der Waals surface area contributed by atoms with Crippen molar-refractivity contribution in [2.24, 2.45) is 0 Å². The molecular weight excluding hydrogens is 216 g/mol. The monoisotopic (exact) mass is 232 g/mol. The van der Waals surface area contributed by atoms with Gasteiger partial charge in [0.15, 0.2) is 0 Å². The summed E-state index contributed by atoms with van der Waals surface area (Å²) in [4.78, 5) is 22.3. The van der Waals surface area contributed by atoms with Gasteiger partial charge in [-0.3, -0.25) is 4.79 Å². The lowest BCUT2D eigenvalue weighted by Gasteiger charge is -2.39. The minimum absolute atomic E-state index is 0.117. The number of carbonyl (C=O) groups excluding carboxylic acids is 1. The van der Waals surface area contributed by atoms with Crippen molar-refractivity contribution < 1.29 is 4.79 Å². The highest BCUT2D eigenvalue weighted by Gasteiger charge is 2.48. The summed E-state index contributed by atoms with van der Waals surface area (Å²) in [6.45, 7) is 3.03. The van der Waals surface area contributed by atoms with Crippen molar-refractivity contribution in [2.45, 2.75) is 37.8 Å². The molecule has 0 spiro atoms. The van der Waals surface area contributed by atoms with E-state index in [1.807, 2.05) is 6.07 Å². The number of anilines is 1. The van der Waals surface area contributed by atoms with E-state index in [2.05, 4.69) is 27.1 Å². The van der Waals surface area contributed by atoms with Gasteiger partial charge in [-0.2, -0.15) is 0 Å². The summed E-state index contributed by atoms with van der Waals surface area (Å²) in [6.07, 6.45) is 5.98. The van der Waals surface area contributed by atoms with E-state index in [9.17, 15) is 4.79 Å². The SMILES string of the molecule is C[C@]12CCN(c3ncccn3)[C@H]1CCC(=O)N2. The number of carbonyl (C=O) groups is 1. The third-order valence-electron chi connectivity index (χ3n) is 3.86. The summed E-state index contributed by atoms with van der Waals surface area (Å²) in [5.41, 5.74) is -0.117. The zero-order valence-corrected chi connectivity index (χ0v) is 9.89. The maximum atomic E-state index is 11.5. The number of hydrogen-bond donors (Lipinski definition) is 1. The van der Waals surface area contributed by atoms with Gasteiger partial charge in [-0.15, -0.1) is 0 Å². The Morgan fingerprint density at radius 2 is 2.24 bits per heavy atom. The smallest absolute Gasteiger partial charge is 0.225 e. The van der Waals surface area contributed by atoms with Gasteiger partial charge in [-0.05, 0) is 25.8 Å². The summed E-state index contributed by atoms with van der Waals surface area (Å²) in [6, 6.07) is 2.14. The molecule has 0 radical (unpaired) electrons. The van der Waals surface area contributed by atoms with Crippen molar-refractivity contribution >= 4 is 11.9 Å². The molecule has 1 aromatic heterocycles. The normalized spacial score (nSPS) is 32.2.